The summed E-state index contributed by atoms with van der Waals surface area (Å²) in [5, 5.41) is 8.29. The summed E-state index contributed by atoms with van der Waals surface area (Å²) >= 11 is 0. The molecule has 0 aliphatic heterocycles. The number of rotatable bonds is 5. The summed E-state index contributed by atoms with van der Waals surface area (Å²) < 4.78 is 1.82. The van der Waals surface area contributed by atoms with Gasteiger partial charge < -0.3 is 4.98 Å². The van der Waals surface area contributed by atoms with Crippen LogP contribution in [0.25, 0.3) is 11.4 Å². The summed E-state index contributed by atoms with van der Waals surface area (Å²) in [6.07, 6.45) is 9.16. The lowest BCUT2D eigenvalue weighted by Gasteiger charge is -1.98. The van der Waals surface area contributed by atoms with E-state index in [0.717, 1.165) is 36.5 Å². The molecule has 3 rings (SSSR count). The van der Waals surface area contributed by atoms with Gasteiger partial charge in [0.25, 0.3) is 0 Å². The fourth-order valence-electron chi connectivity index (χ4n) is 1.97. The lowest BCUT2D eigenvalue weighted by molar-refractivity contribution is 0.585. The van der Waals surface area contributed by atoms with Crippen molar-refractivity contribution in [2.75, 3.05) is 0 Å². The fraction of sp³-hybridized carbons (Fsp3) is 0.286. The zero-order valence-corrected chi connectivity index (χ0v) is 11.3. The minimum atomic E-state index is 0.766. The number of H-pyrrole nitrogens is 1. The van der Waals surface area contributed by atoms with Crippen LogP contribution in [0.1, 0.15) is 18.2 Å². The summed E-state index contributed by atoms with van der Waals surface area (Å²) in [6.45, 7) is 2.88. The van der Waals surface area contributed by atoms with Gasteiger partial charge in [-0.05, 0) is 18.1 Å². The standard InChI is InChI=1S/C14H16N6/c1-2-11-3-4-13(16-7-11)14-9-20(19-18-14)6-5-12-8-15-10-17-12/h3-4,7-10H,2,5-6H2,1H3,(H,15,17). The molecule has 0 saturated heterocycles. The molecule has 0 amide bonds. The molecule has 0 aromatic carbocycles. The minimum absolute atomic E-state index is 0.766. The zero-order valence-electron chi connectivity index (χ0n) is 11.3. The molecule has 6 heteroatoms. The molecule has 3 heterocycles. The highest BCUT2D eigenvalue weighted by atomic mass is 15.4. The quantitative estimate of drug-likeness (QED) is 0.766. The van der Waals surface area contributed by atoms with Crippen LogP contribution in [-0.2, 0) is 19.4 Å². The van der Waals surface area contributed by atoms with E-state index in [9.17, 15) is 0 Å². The number of nitrogens with zero attached hydrogens (tertiary/aromatic N) is 5. The average Bonchev–Trinajstić information content (AvgIpc) is 3.17. The molecule has 0 bridgehead atoms. The summed E-state index contributed by atoms with van der Waals surface area (Å²) in [6, 6.07) is 4.06. The highest BCUT2D eigenvalue weighted by molar-refractivity contribution is 5.52. The third-order valence-corrected chi connectivity index (χ3v) is 3.20. The maximum absolute atomic E-state index is 4.41. The zero-order chi connectivity index (χ0) is 13.8. The summed E-state index contributed by atoms with van der Waals surface area (Å²) in [4.78, 5) is 11.5. The smallest absolute Gasteiger partial charge is 0.131 e. The Morgan fingerprint density at radius 2 is 2.15 bits per heavy atom. The van der Waals surface area contributed by atoms with Crippen LogP contribution in [0.5, 0.6) is 0 Å². The number of hydrogen-bond donors (Lipinski definition) is 1. The SMILES string of the molecule is CCc1ccc(-c2cn(CCc3cnc[nH]3)nn2)nc1. The van der Waals surface area contributed by atoms with E-state index in [1.54, 1.807) is 6.33 Å². The Morgan fingerprint density at radius 3 is 2.85 bits per heavy atom. The van der Waals surface area contributed by atoms with E-state index >= 15 is 0 Å². The molecule has 0 radical (unpaired) electrons. The number of aromatic nitrogens is 6. The van der Waals surface area contributed by atoms with Crippen LogP contribution in [0.4, 0.5) is 0 Å². The van der Waals surface area contributed by atoms with Gasteiger partial charge in [0.1, 0.15) is 5.69 Å². The molecule has 0 aliphatic rings. The third-order valence-electron chi connectivity index (χ3n) is 3.20. The maximum atomic E-state index is 4.41. The molecule has 0 aliphatic carbocycles. The van der Waals surface area contributed by atoms with Gasteiger partial charge in [-0.3, -0.25) is 9.67 Å². The van der Waals surface area contributed by atoms with Crippen molar-refractivity contribution in [3.05, 3.63) is 48.3 Å². The predicted octanol–water partition coefficient (Wildman–Crippen LogP) is 1.87. The van der Waals surface area contributed by atoms with Crippen LogP contribution in [0, 0.1) is 0 Å². The lowest BCUT2D eigenvalue weighted by Crippen LogP contribution is -2.02. The van der Waals surface area contributed by atoms with Crippen LogP contribution in [0.3, 0.4) is 0 Å². The molecule has 1 N–H and O–H groups in total. The van der Waals surface area contributed by atoms with Gasteiger partial charge in [-0.25, -0.2) is 4.98 Å². The molecule has 3 aromatic rings. The molecule has 20 heavy (non-hydrogen) atoms. The molecular formula is C14H16N6. The summed E-state index contributed by atoms with van der Waals surface area (Å²) in [5.74, 6) is 0. The first kappa shape index (κ1) is 12.5. The van der Waals surface area contributed by atoms with Gasteiger partial charge in [0.05, 0.1) is 18.2 Å². The van der Waals surface area contributed by atoms with Crippen molar-refractivity contribution in [3.8, 4) is 11.4 Å². The molecule has 6 nitrogen and oxygen atoms in total. The normalized spacial score (nSPS) is 10.8. The van der Waals surface area contributed by atoms with Crippen molar-refractivity contribution < 1.29 is 0 Å². The van der Waals surface area contributed by atoms with Crippen molar-refractivity contribution in [1.82, 2.24) is 29.9 Å². The maximum Gasteiger partial charge on any atom is 0.131 e. The summed E-state index contributed by atoms with van der Waals surface area (Å²) in [5.41, 5.74) is 3.97. The van der Waals surface area contributed by atoms with E-state index in [0.29, 0.717) is 0 Å². The Balaban J connectivity index is 1.69. The Kier molecular flexibility index (Phi) is 3.54. The number of hydrogen-bond acceptors (Lipinski definition) is 4. The van der Waals surface area contributed by atoms with Gasteiger partial charge in [-0.1, -0.05) is 18.2 Å². The Morgan fingerprint density at radius 1 is 1.20 bits per heavy atom. The second-order valence-corrected chi connectivity index (χ2v) is 4.60. The second-order valence-electron chi connectivity index (χ2n) is 4.60. The molecule has 0 saturated carbocycles. The first-order valence-electron chi connectivity index (χ1n) is 6.68. The molecular weight excluding hydrogens is 252 g/mol. The van der Waals surface area contributed by atoms with E-state index in [1.807, 2.05) is 29.3 Å². The molecule has 0 spiro atoms. The van der Waals surface area contributed by atoms with Crippen LogP contribution < -0.4 is 0 Å². The van der Waals surface area contributed by atoms with Gasteiger partial charge in [0.2, 0.25) is 0 Å². The molecule has 0 unspecified atom stereocenters. The van der Waals surface area contributed by atoms with Crippen molar-refractivity contribution in [1.29, 1.82) is 0 Å². The predicted molar refractivity (Wildman–Crippen MR) is 74.9 cm³/mol. The Labute approximate surface area is 116 Å². The summed E-state index contributed by atoms with van der Waals surface area (Å²) in [7, 11) is 0. The van der Waals surface area contributed by atoms with Crippen LogP contribution in [0.15, 0.2) is 37.1 Å². The van der Waals surface area contributed by atoms with Crippen molar-refractivity contribution in [2.24, 2.45) is 0 Å². The molecule has 0 fully saturated rings. The first-order chi connectivity index (χ1) is 9.85. The van der Waals surface area contributed by atoms with Crippen LogP contribution >= 0.6 is 0 Å². The van der Waals surface area contributed by atoms with Crippen LogP contribution in [-0.4, -0.2) is 29.9 Å². The Hall–Kier alpha value is -2.50. The van der Waals surface area contributed by atoms with Crippen LogP contribution in [0.2, 0.25) is 0 Å². The highest BCUT2D eigenvalue weighted by Crippen LogP contribution is 2.13. The van der Waals surface area contributed by atoms with E-state index in [4.69, 9.17) is 0 Å². The van der Waals surface area contributed by atoms with Crippen molar-refractivity contribution in [2.45, 2.75) is 26.3 Å². The van der Waals surface area contributed by atoms with Gasteiger partial charge in [-0.2, -0.15) is 0 Å². The van der Waals surface area contributed by atoms with E-state index in [-0.39, 0.29) is 0 Å². The van der Waals surface area contributed by atoms with E-state index in [2.05, 4.69) is 38.3 Å². The molecule has 102 valence electrons. The number of pyridine rings is 1. The fourth-order valence-corrected chi connectivity index (χ4v) is 1.97. The number of aromatic amines is 1. The number of aryl methyl sites for hydroxylation is 3. The van der Waals surface area contributed by atoms with E-state index in [1.165, 1.54) is 5.56 Å². The van der Waals surface area contributed by atoms with E-state index < -0.39 is 0 Å². The largest absolute Gasteiger partial charge is 0.348 e. The van der Waals surface area contributed by atoms with Gasteiger partial charge in [0, 0.05) is 31.1 Å². The minimum Gasteiger partial charge on any atom is -0.348 e. The monoisotopic (exact) mass is 268 g/mol. The van der Waals surface area contributed by atoms with Crippen molar-refractivity contribution in [3.63, 3.8) is 0 Å². The van der Waals surface area contributed by atoms with Gasteiger partial charge in [0.15, 0.2) is 0 Å². The molecule has 3 aromatic heterocycles. The third kappa shape index (κ3) is 2.74. The highest BCUT2D eigenvalue weighted by Gasteiger charge is 2.05. The Bertz CT molecular complexity index is 653. The molecule has 0 atom stereocenters. The lowest BCUT2D eigenvalue weighted by atomic mass is 10.2. The second kappa shape index (κ2) is 5.64. The number of imidazole rings is 1. The van der Waals surface area contributed by atoms with Gasteiger partial charge >= 0.3 is 0 Å². The van der Waals surface area contributed by atoms with Gasteiger partial charge in [-0.15, -0.1) is 5.10 Å². The topological polar surface area (TPSA) is 72.3 Å². The number of nitrogens with one attached hydrogen (secondary N) is 1. The van der Waals surface area contributed by atoms with Crippen molar-refractivity contribution >= 4 is 0 Å². The first-order valence-corrected chi connectivity index (χ1v) is 6.68. The average molecular weight is 268 g/mol.